The fourth-order valence-corrected chi connectivity index (χ4v) is 1.98. The first kappa shape index (κ1) is 12.3. The molecule has 2 rings (SSSR count). The maximum absolute atomic E-state index is 11.4. The van der Waals surface area contributed by atoms with Crippen LogP contribution in [0, 0.1) is 0 Å². The molecule has 0 amide bonds. The third-order valence-electron chi connectivity index (χ3n) is 2.87. The number of carbonyl (C=O) groups is 1. The molecule has 1 aliphatic rings. The van der Waals surface area contributed by atoms with Crippen molar-refractivity contribution in [1.82, 2.24) is 9.97 Å². The Morgan fingerprint density at radius 2 is 1.94 bits per heavy atom. The lowest BCUT2D eigenvalue weighted by Gasteiger charge is -2.19. The third kappa shape index (κ3) is 1.90. The Kier molecular flexibility index (Phi) is 3.18. The van der Waals surface area contributed by atoms with Gasteiger partial charge in [0.15, 0.2) is 5.78 Å². The van der Waals surface area contributed by atoms with E-state index in [1.165, 1.54) is 21.1 Å². The number of aromatic nitrogens is 2. The van der Waals surface area contributed by atoms with Crippen molar-refractivity contribution < 1.29 is 19.4 Å². The van der Waals surface area contributed by atoms with Crippen LogP contribution in [0.5, 0.6) is 11.9 Å². The van der Waals surface area contributed by atoms with E-state index in [0.717, 1.165) is 0 Å². The van der Waals surface area contributed by atoms with Crippen LogP contribution in [0.2, 0.25) is 0 Å². The number of allylic oxidation sites excluding steroid dienone is 1. The summed E-state index contributed by atoms with van der Waals surface area (Å²) in [5.74, 6) is -0.0351. The van der Waals surface area contributed by atoms with Crippen molar-refractivity contribution in [2.45, 2.75) is 19.8 Å². The lowest BCUT2D eigenvalue weighted by molar-refractivity contribution is -0.113. The Balaban J connectivity index is 2.65. The number of aryl methyl sites for hydroxylation is 1. The lowest BCUT2D eigenvalue weighted by atomic mass is 9.93. The van der Waals surface area contributed by atoms with Crippen LogP contribution in [-0.4, -0.2) is 35.1 Å². The van der Waals surface area contributed by atoms with Crippen LogP contribution >= 0.6 is 0 Å². The van der Waals surface area contributed by atoms with E-state index in [9.17, 15) is 9.90 Å². The van der Waals surface area contributed by atoms with E-state index < -0.39 is 0 Å². The van der Waals surface area contributed by atoms with Gasteiger partial charge in [-0.3, -0.25) is 4.79 Å². The van der Waals surface area contributed by atoms with Gasteiger partial charge < -0.3 is 14.6 Å². The molecule has 1 heterocycles. The number of carbonyl (C=O) groups excluding carboxylic acids is 1. The average molecular weight is 250 g/mol. The van der Waals surface area contributed by atoms with Gasteiger partial charge in [-0.2, -0.15) is 9.97 Å². The van der Waals surface area contributed by atoms with Gasteiger partial charge in [0.1, 0.15) is 11.3 Å². The molecule has 0 aromatic carbocycles. The molecule has 0 fully saturated rings. The molecule has 0 bridgehead atoms. The first-order chi connectivity index (χ1) is 8.58. The number of fused-ring (bicyclic) bond motifs is 1. The van der Waals surface area contributed by atoms with Gasteiger partial charge in [-0.05, 0) is 19.8 Å². The molecule has 1 aromatic rings. The number of rotatable bonds is 3. The summed E-state index contributed by atoms with van der Waals surface area (Å²) in [5.41, 5.74) is 1.39. The second-order valence-corrected chi connectivity index (χ2v) is 3.92. The maximum atomic E-state index is 11.4. The Morgan fingerprint density at radius 3 is 2.50 bits per heavy atom. The van der Waals surface area contributed by atoms with Crippen molar-refractivity contribution in [3.63, 3.8) is 0 Å². The highest BCUT2D eigenvalue weighted by atomic mass is 16.5. The molecule has 0 unspecified atom stereocenters. The molecule has 6 heteroatoms. The van der Waals surface area contributed by atoms with E-state index in [1.54, 1.807) is 0 Å². The smallest absolute Gasteiger partial charge is 0.319 e. The van der Waals surface area contributed by atoms with Crippen molar-refractivity contribution in [3.8, 4) is 11.9 Å². The summed E-state index contributed by atoms with van der Waals surface area (Å²) >= 11 is 0. The molecule has 18 heavy (non-hydrogen) atoms. The van der Waals surface area contributed by atoms with Crippen LogP contribution in [0.3, 0.4) is 0 Å². The molecule has 1 aliphatic carbocycles. The molecule has 96 valence electrons. The second kappa shape index (κ2) is 4.64. The Hall–Kier alpha value is -2.11. The number of aliphatic hydroxyl groups excluding tert-OH is 1. The number of Topliss-reactive ketones (excluding diaryl/α,β-unsaturated/α-hetero) is 1. The fourth-order valence-electron chi connectivity index (χ4n) is 1.98. The summed E-state index contributed by atoms with van der Waals surface area (Å²) in [4.78, 5) is 19.6. The quantitative estimate of drug-likeness (QED) is 0.870. The molecule has 0 spiro atoms. The molecule has 0 atom stereocenters. The standard InChI is InChI=1S/C12H14N2O4/c1-6(15)7-4-5-8-9(10(7)16)11(17-2)14-12(13-8)18-3/h16H,4-5H2,1-3H3. The van der Waals surface area contributed by atoms with Crippen LogP contribution in [0.25, 0.3) is 5.76 Å². The van der Waals surface area contributed by atoms with Gasteiger partial charge in [-0.15, -0.1) is 0 Å². The highest BCUT2D eigenvalue weighted by Crippen LogP contribution is 2.35. The minimum absolute atomic E-state index is 0.0942. The van der Waals surface area contributed by atoms with Crippen LogP contribution < -0.4 is 9.47 Å². The molecular formula is C12H14N2O4. The molecule has 1 N–H and O–H groups in total. The minimum atomic E-state index is -0.156. The predicted octanol–water partition coefficient (Wildman–Crippen LogP) is 1.30. The van der Waals surface area contributed by atoms with E-state index in [2.05, 4.69) is 9.97 Å². The van der Waals surface area contributed by atoms with Crippen molar-refractivity contribution in [3.05, 3.63) is 16.8 Å². The molecule has 0 saturated heterocycles. The molecule has 0 aliphatic heterocycles. The molecule has 0 radical (unpaired) electrons. The highest BCUT2D eigenvalue weighted by Gasteiger charge is 2.27. The van der Waals surface area contributed by atoms with Crippen molar-refractivity contribution in [2.24, 2.45) is 0 Å². The SMILES string of the molecule is COc1nc2c(c(OC)n1)C(O)=C(C(C)=O)CC2. The van der Waals surface area contributed by atoms with E-state index in [0.29, 0.717) is 29.7 Å². The molecule has 6 nitrogen and oxygen atoms in total. The molecule has 1 aromatic heterocycles. The maximum Gasteiger partial charge on any atom is 0.319 e. The zero-order chi connectivity index (χ0) is 13.3. The summed E-state index contributed by atoms with van der Waals surface area (Å²) in [5, 5.41) is 10.1. The number of nitrogens with zero attached hydrogens (tertiary/aromatic N) is 2. The number of ether oxygens (including phenoxy) is 2. The lowest BCUT2D eigenvalue weighted by Crippen LogP contribution is -2.14. The Labute approximate surface area is 104 Å². The monoisotopic (exact) mass is 250 g/mol. The second-order valence-electron chi connectivity index (χ2n) is 3.92. The van der Waals surface area contributed by atoms with Gasteiger partial charge in [0.2, 0.25) is 5.88 Å². The largest absolute Gasteiger partial charge is 0.507 e. The normalized spacial score (nSPS) is 14.2. The van der Waals surface area contributed by atoms with Gasteiger partial charge in [0.05, 0.1) is 19.9 Å². The number of methoxy groups -OCH3 is 2. The summed E-state index contributed by atoms with van der Waals surface area (Å²) < 4.78 is 10.1. The number of aliphatic hydroxyl groups is 1. The van der Waals surface area contributed by atoms with Gasteiger partial charge in [0, 0.05) is 5.57 Å². The Bertz CT molecular complexity index is 537. The van der Waals surface area contributed by atoms with Gasteiger partial charge in [-0.1, -0.05) is 0 Å². The van der Waals surface area contributed by atoms with Crippen molar-refractivity contribution in [1.29, 1.82) is 0 Å². The van der Waals surface area contributed by atoms with Crippen LogP contribution in [0.4, 0.5) is 0 Å². The van der Waals surface area contributed by atoms with Crippen LogP contribution in [0.15, 0.2) is 5.57 Å². The van der Waals surface area contributed by atoms with E-state index in [4.69, 9.17) is 9.47 Å². The highest BCUT2D eigenvalue weighted by molar-refractivity contribution is 6.00. The summed E-state index contributed by atoms with van der Waals surface area (Å²) in [6.45, 7) is 1.42. The zero-order valence-corrected chi connectivity index (χ0v) is 10.5. The molecular weight excluding hydrogens is 236 g/mol. The first-order valence-electron chi connectivity index (χ1n) is 5.50. The van der Waals surface area contributed by atoms with E-state index in [-0.39, 0.29) is 23.4 Å². The van der Waals surface area contributed by atoms with Crippen molar-refractivity contribution in [2.75, 3.05) is 14.2 Å². The summed E-state index contributed by atoms with van der Waals surface area (Å²) in [6, 6.07) is 0.185. The average Bonchev–Trinajstić information content (AvgIpc) is 2.37. The number of ketones is 1. The first-order valence-corrected chi connectivity index (χ1v) is 5.50. The molecule has 0 saturated carbocycles. The number of hydrogen-bond acceptors (Lipinski definition) is 6. The van der Waals surface area contributed by atoms with Gasteiger partial charge in [0.25, 0.3) is 0 Å². The number of hydrogen-bond donors (Lipinski definition) is 1. The van der Waals surface area contributed by atoms with Gasteiger partial charge >= 0.3 is 6.01 Å². The Morgan fingerprint density at radius 1 is 1.22 bits per heavy atom. The third-order valence-corrected chi connectivity index (χ3v) is 2.87. The van der Waals surface area contributed by atoms with Crippen LogP contribution in [-0.2, 0) is 11.2 Å². The predicted molar refractivity (Wildman–Crippen MR) is 63.7 cm³/mol. The minimum Gasteiger partial charge on any atom is -0.507 e. The zero-order valence-electron chi connectivity index (χ0n) is 10.5. The van der Waals surface area contributed by atoms with Crippen LogP contribution in [0.1, 0.15) is 24.6 Å². The van der Waals surface area contributed by atoms with E-state index in [1.807, 2.05) is 0 Å². The topological polar surface area (TPSA) is 81.5 Å². The van der Waals surface area contributed by atoms with Gasteiger partial charge in [-0.25, -0.2) is 0 Å². The van der Waals surface area contributed by atoms with Crippen molar-refractivity contribution >= 4 is 11.5 Å². The summed E-state index contributed by atoms with van der Waals surface area (Å²) in [7, 11) is 2.90. The van der Waals surface area contributed by atoms with E-state index >= 15 is 0 Å². The summed E-state index contributed by atoms with van der Waals surface area (Å²) in [6.07, 6.45) is 1.00. The fraction of sp³-hybridized carbons (Fsp3) is 0.417.